The molecule has 0 saturated carbocycles. The number of amides is 3. The molecule has 40 heavy (non-hydrogen) atoms. The summed E-state index contributed by atoms with van der Waals surface area (Å²) in [6, 6.07) is 5.47. The summed E-state index contributed by atoms with van der Waals surface area (Å²) in [5.74, 6) is -0.0205. The molecule has 3 atom stereocenters. The van der Waals surface area contributed by atoms with Crippen LogP contribution in [0.5, 0.6) is 0 Å². The van der Waals surface area contributed by atoms with Crippen LogP contribution in [0.25, 0.3) is 0 Å². The van der Waals surface area contributed by atoms with Gasteiger partial charge in [0.1, 0.15) is 6.04 Å². The third-order valence-corrected chi connectivity index (χ3v) is 10.2. The number of hydrogen-bond acceptors (Lipinski definition) is 10. The van der Waals surface area contributed by atoms with E-state index in [1.807, 2.05) is 19.1 Å². The van der Waals surface area contributed by atoms with E-state index in [4.69, 9.17) is 0 Å². The van der Waals surface area contributed by atoms with Gasteiger partial charge in [-0.05, 0) is 62.3 Å². The lowest BCUT2D eigenvalue weighted by atomic mass is 9.73. The number of likely N-dealkylation sites (tertiary alicyclic amines) is 1. The van der Waals surface area contributed by atoms with Crippen molar-refractivity contribution in [3.63, 3.8) is 0 Å². The lowest BCUT2D eigenvalue weighted by Gasteiger charge is -2.33. The molecule has 4 N–H and O–H groups in total. The Morgan fingerprint density at radius 2 is 1.95 bits per heavy atom. The molecule has 3 aromatic rings. The van der Waals surface area contributed by atoms with E-state index in [-0.39, 0.29) is 36.3 Å². The Morgan fingerprint density at radius 1 is 1.20 bits per heavy atom. The fraction of sp³-hybridized carbons (Fsp3) is 0.500. The maximum atomic E-state index is 13.0. The molecule has 3 aromatic heterocycles. The molecule has 3 amide bonds. The normalized spacial score (nSPS) is 20.6. The van der Waals surface area contributed by atoms with Crippen molar-refractivity contribution in [1.82, 2.24) is 41.5 Å². The topological polar surface area (TPSA) is 169 Å². The van der Waals surface area contributed by atoms with Crippen molar-refractivity contribution in [2.45, 2.75) is 56.5 Å². The maximum absolute atomic E-state index is 13.0. The number of H-pyrrole nitrogens is 1. The molecular weight excluding hydrogens is 550 g/mol. The average molecular weight is 582 g/mol. The first-order chi connectivity index (χ1) is 19.3. The van der Waals surface area contributed by atoms with Gasteiger partial charge in [0.2, 0.25) is 5.91 Å². The maximum Gasteiger partial charge on any atom is 0.261 e. The van der Waals surface area contributed by atoms with E-state index >= 15 is 0 Å². The first kappa shape index (κ1) is 27.9. The molecule has 2 aliphatic rings. The van der Waals surface area contributed by atoms with Gasteiger partial charge >= 0.3 is 0 Å². The number of nitriles is 1. The molecule has 0 radical (unpaired) electrons. The van der Waals surface area contributed by atoms with Crippen molar-refractivity contribution in [2.24, 2.45) is 0 Å². The fourth-order valence-corrected chi connectivity index (χ4v) is 8.30. The predicted octanol–water partition coefficient (Wildman–Crippen LogP) is 1.36. The number of aromatic amines is 1. The molecule has 1 aliphatic heterocycles. The number of thiophene rings is 2. The second kappa shape index (κ2) is 11.4. The highest BCUT2D eigenvalue weighted by Gasteiger charge is 2.48. The van der Waals surface area contributed by atoms with E-state index in [0.29, 0.717) is 47.8 Å². The zero-order valence-corrected chi connectivity index (χ0v) is 24.2. The SMILES string of the molecule is CNC(=O)c1cc2c(s1)CCc1cc(C(=O)NC)sc1C2(C[C@@H](C)NCC(=O)N1CCC[C@H]1C#N)c1nn[nH]n1. The Kier molecular flexibility index (Phi) is 7.97. The minimum Gasteiger partial charge on any atom is -0.354 e. The van der Waals surface area contributed by atoms with Crippen LogP contribution in [0.3, 0.4) is 0 Å². The molecule has 5 rings (SSSR count). The van der Waals surface area contributed by atoms with Gasteiger partial charge in [0.25, 0.3) is 11.8 Å². The predicted molar refractivity (Wildman–Crippen MR) is 149 cm³/mol. The molecule has 1 unspecified atom stereocenters. The number of aromatic nitrogens is 4. The smallest absolute Gasteiger partial charge is 0.261 e. The van der Waals surface area contributed by atoms with Crippen LogP contribution < -0.4 is 16.0 Å². The van der Waals surface area contributed by atoms with E-state index in [9.17, 15) is 19.6 Å². The number of rotatable bonds is 8. The van der Waals surface area contributed by atoms with Crippen molar-refractivity contribution >= 4 is 40.4 Å². The van der Waals surface area contributed by atoms with Gasteiger partial charge in [0, 0.05) is 36.4 Å². The first-order valence-corrected chi connectivity index (χ1v) is 14.8. The van der Waals surface area contributed by atoms with Crippen LogP contribution in [-0.2, 0) is 23.1 Å². The summed E-state index contributed by atoms with van der Waals surface area (Å²) in [6.45, 7) is 2.66. The van der Waals surface area contributed by atoms with Crippen LogP contribution >= 0.6 is 22.7 Å². The van der Waals surface area contributed by atoms with E-state index in [1.165, 1.54) is 22.7 Å². The monoisotopic (exact) mass is 581 g/mol. The van der Waals surface area contributed by atoms with Crippen molar-refractivity contribution < 1.29 is 14.4 Å². The van der Waals surface area contributed by atoms with Crippen molar-refractivity contribution in [1.29, 1.82) is 5.26 Å². The summed E-state index contributed by atoms with van der Waals surface area (Å²) >= 11 is 2.85. The number of carbonyl (C=O) groups is 3. The number of fused-ring (bicyclic) bond motifs is 2. The largest absolute Gasteiger partial charge is 0.354 e. The zero-order valence-electron chi connectivity index (χ0n) is 22.5. The number of aryl methyl sites for hydroxylation is 2. The first-order valence-electron chi connectivity index (χ1n) is 13.2. The third-order valence-electron chi connectivity index (χ3n) is 7.65. The summed E-state index contributed by atoms with van der Waals surface area (Å²) in [5, 5.41) is 33.6. The van der Waals surface area contributed by atoms with Gasteiger partial charge in [-0.2, -0.15) is 10.5 Å². The minimum atomic E-state index is -0.924. The van der Waals surface area contributed by atoms with Gasteiger partial charge in [0.15, 0.2) is 5.82 Å². The molecule has 14 heteroatoms. The highest BCUT2D eigenvalue weighted by atomic mass is 32.1. The van der Waals surface area contributed by atoms with E-state index in [2.05, 4.69) is 42.6 Å². The van der Waals surface area contributed by atoms with Crippen molar-refractivity contribution in [2.75, 3.05) is 27.2 Å². The Morgan fingerprint density at radius 3 is 2.62 bits per heavy atom. The molecule has 0 aromatic carbocycles. The van der Waals surface area contributed by atoms with Gasteiger partial charge in [-0.3, -0.25) is 14.4 Å². The van der Waals surface area contributed by atoms with E-state index in [0.717, 1.165) is 27.3 Å². The molecule has 1 saturated heterocycles. The zero-order chi connectivity index (χ0) is 28.4. The molecule has 1 fully saturated rings. The van der Waals surface area contributed by atoms with Gasteiger partial charge in [0.05, 0.1) is 27.8 Å². The second-order valence-electron chi connectivity index (χ2n) is 10.1. The van der Waals surface area contributed by atoms with Gasteiger partial charge in [-0.1, -0.05) is 5.21 Å². The van der Waals surface area contributed by atoms with Gasteiger partial charge in [-0.15, -0.1) is 32.9 Å². The highest BCUT2D eigenvalue weighted by Crippen LogP contribution is 2.51. The summed E-state index contributed by atoms with van der Waals surface area (Å²) in [7, 11) is 3.21. The Bertz CT molecular complexity index is 1390. The number of hydrogen-bond donors (Lipinski definition) is 4. The highest BCUT2D eigenvalue weighted by molar-refractivity contribution is 7.15. The van der Waals surface area contributed by atoms with Gasteiger partial charge < -0.3 is 20.9 Å². The third kappa shape index (κ3) is 4.89. The van der Waals surface area contributed by atoms with Crippen LogP contribution in [-0.4, -0.2) is 82.5 Å². The second-order valence-corrected chi connectivity index (χ2v) is 12.3. The molecule has 12 nitrogen and oxygen atoms in total. The quantitative estimate of drug-likeness (QED) is 0.309. The fourth-order valence-electron chi connectivity index (χ4n) is 5.74. The molecule has 210 valence electrons. The Labute approximate surface area is 239 Å². The molecule has 0 spiro atoms. The lowest BCUT2D eigenvalue weighted by molar-refractivity contribution is -0.130. The van der Waals surface area contributed by atoms with Crippen molar-refractivity contribution in [3.05, 3.63) is 48.6 Å². The number of carbonyl (C=O) groups excluding carboxylic acids is 3. The summed E-state index contributed by atoms with van der Waals surface area (Å²) < 4.78 is 0. The van der Waals surface area contributed by atoms with E-state index in [1.54, 1.807) is 19.0 Å². The van der Waals surface area contributed by atoms with Crippen LogP contribution in [0, 0.1) is 11.3 Å². The average Bonchev–Trinajstić information content (AvgIpc) is 3.78. The van der Waals surface area contributed by atoms with Crippen LogP contribution in [0.1, 0.15) is 72.2 Å². The Hall–Kier alpha value is -3.67. The molecule has 0 bridgehead atoms. The van der Waals surface area contributed by atoms with Crippen molar-refractivity contribution in [3.8, 4) is 6.07 Å². The summed E-state index contributed by atoms with van der Waals surface area (Å²) in [6.07, 6.45) is 3.34. The van der Waals surface area contributed by atoms with Gasteiger partial charge in [-0.25, -0.2) is 0 Å². The van der Waals surface area contributed by atoms with E-state index < -0.39 is 5.41 Å². The van der Waals surface area contributed by atoms with Crippen LogP contribution in [0.4, 0.5) is 0 Å². The standard InChI is InChI=1S/C26H31N9O3S2/c1-14(30-13-21(36)35-8-4-5-16(35)12-27)11-26(25-31-33-34-32-25)17-10-20(24(38)29-3)39-18(17)7-6-15-9-19(23(37)28-2)40-22(15)26/h9-10,14,16,30H,4-8,11,13H2,1-3H3,(H,28,37)(H,29,38)(H,31,32,33,34)/t14-,16+,26?/m1/s1. The lowest BCUT2D eigenvalue weighted by Crippen LogP contribution is -2.45. The minimum absolute atomic E-state index is 0.0858. The number of tetrazole rings is 1. The Balaban J connectivity index is 1.57. The number of nitrogens with zero attached hydrogens (tertiary/aromatic N) is 5. The van der Waals surface area contributed by atoms with Crippen LogP contribution in [0.2, 0.25) is 0 Å². The molecule has 4 heterocycles. The summed E-state index contributed by atoms with van der Waals surface area (Å²) in [4.78, 5) is 43.1. The molecule has 1 aliphatic carbocycles. The van der Waals surface area contributed by atoms with Crippen LogP contribution in [0.15, 0.2) is 12.1 Å². The molecular formula is C26H31N9O3S2. The summed E-state index contributed by atoms with van der Waals surface area (Å²) in [5.41, 5.74) is 1.01. The number of nitrogens with one attached hydrogen (secondary N) is 4.